The lowest BCUT2D eigenvalue weighted by Crippen LogP contribution is -2.43. The molecule has 2 rings (SSSR count). The summed E-state index contributed by atoms with van der Waals surface area (Å²) in [6.07, 6.45) is 4.29. The van der Waals surface area contributed by atoms with E-state index in [1.807, 2.05) is 0 Å². The molecule has 1 aliphatic rings. The zero-order chi connectivity index (χ0) is 18.2. The smallest absolute Gasteiger partial charge is 0.325 e. The van der Waals surface area contributed by atoms with E-state index in [4.69, 9.17) is 4.74 Å². The normalized spacial score (nSPS) is 19.8. The predicted molar refractivity (Wildman–Crippen MR) is 89.3 cm³/mol. The maximum atomic E-state index is 12.8. The molecule has 0 aromatic heterocycles. The SMILES string of the molecule is C[C@@H]1CCCC[C@H]1NC(=O)COC(=O)CNC(=O)c1ccc(F)cc1. The van der Waals surface area contributed by atoms with Crippen molar-refractivity contribution in [2.24, 2.45) is 5.92 Å². The molecule has 25 heavy (non-hydrogen) atoms. The molecule has 0 radical (unpaired) electrons. The quantitative estimate of drug-likeness (QED) is 0.766. The molecule has 7 heteroatoms. The van der Waals surface area contributed by atoms with Gasteiger partial charge in [-0.1, -0.05) is 19.8 Å². The molecule has 0 heterocycles. The highest BCUT2D eigenvalue weighted by atomic mass is 19.1. The molecular weight excluding hydrogens is 327 g/mol. The molecule has 1 aromatic carbocycles. The minimum atomic E-state index is -0.706. The second-order valence-electron chi connectivity index (χ2n) is 6.29. The van der Waals surface area contributed by atoms with E-state index >= 15 is 0 Å². The molecule has 0 unspecified atom stereocenters. The first-order valence-corrected chi connectivity index (χ1v) is 8.44. The summed E-state index contributed by atoms with van der Waals surface area (Å²) in [5, 5.41) is 5.24. The highest BCUT2D eigenvalue weighted by Crippen LogP contribution is 2.23. The lowest BCUT2D eigenvalue weighted by Gasteiger charge is -2.29. The molecule has 0 spiro atoms. The van der Waals surface area contributed by atoms with Gasteiger partial charge in [-0.15, -0.1) is 0 Å². The number of halogens is 1. The molecule has 2 amide bonds. The average molecular weight is 350 g/mol. The predicted octanol–water partition coefficient (Wildman–Crippen LogP) is 1.79. The summed E-state index contributed by atoms with van der Waals surface area (Å²) in [5.41, 5.74) is 0.234. The van der Waals surface area contributed by atoms with Crippen molar-refractivity contribution < 1.29 is 23.5 Å². The number of rotatable bonds is 6. The van der Waals surface area contributed by atoms with Crippen molar-refractivity contribution in [2.45, 2.75) is 38.6 Å². The van der Waals surface area contributed by atoms with Gasteiger partial charge in [-0.25, -0.2) is 4.39 Å². The van der Waals surface area contributed by atoms with E-state index in [2.05, 4.69) is 17.6 Å². The van der Waals surface area contributed by atoms with Gasteiger partial charge in [-0.2, -0.15) is 0 Å². The zero-order valence-electron chi connectivity index (χ0n) is 14.2. The van der Waals surface area contributed by atoms with Crippen LogP contribution >= 0.6 is 0 Å². The monoisotopic (exact) mass is 350 g/mol. The van der Waals surface area contributed by atoms with E-state index < -0.39 is 17.7 Å². The van der Waals surface area contributed by atoms with Crippen LogP contribution in [-0.4, -0.2) is 37.0 Å². The summed E-state index contributed by atoms with van der Waals surface area (Å²) < 4.78 is 17.6. The molecular formula is C18H23FN2O4. The number of esters is 1. The van der Waals surface area contributed by atoms with Crippen LogP contribution in [0.3, 0.4) is 0 Å². The Morgan fingerprint density at radius 1 is 1.16 bits per heavy atom. The molecule has 1 saturated carbocycles. The zero-order valence-corrected chi connectivity index (χ0v) is 14.2. The largest absolute Gasteiger partial charge is 0.454 e. The van der Waals surface area contributed by atoms with Crippen LogP contribution in [0.1, 0.15) is 43.0 Å². The van der Waals surface area contributed by atoms with Crippen LogP contribution in [0.5, 0.6) is 0 Å². The number of ether oxygens (including phenoxy) is 1. The van der Waals surface area contributed by atoms with E-state index in [0.717, 1.165) is 31.4 Å². The minimum absolute atomic E-state index is 0.123. The summed E-state index contributed by atoms with van der Waals surface area (Å²) in [7, 11) is 0. The topological polar surface area (TPSA) is 84.5 Å². The van der Waals surface area contributed by atoms with Gasteiger partial charge in [0.15, 0.2) is 6.61 Å². The van der Waals surface area contributed by atoms with Gasteiger partial charge in [0.2, 0.25) is 0 Å². The van der Waals surface area contributed by atoms with Crippen LogP contribution in [0, 0.1) is 11.7 Å². The van der Waals surface area contributed by atoms with Gasteiger partial charge < -0.3 is 15.4 Å². The Bertz CT molecular complexity index is 618. The number of nitrogens with one attached hydrogen (secondary N) is 2. The molecule has 136 valence electrons. The second-order valence-corrected chi connectivity index (χ2v) is 6.29. The van der Waals surface area contributed by atoms with Crippen molar-refractivity contribution in [3.63, 3.8) is 0 Å². The molecule has 2 atom stereocenters. The molecule has 0 bridgehead atoms. The fraction of sp³-hybridized carbons (Fsp3) is 0.500. The van der Waals surface area contributed by atoms with Crippen molar-refractivity contribution >= 4 is 17.8 Å². The van der Waals surface area contributed by atoms with Gasteiger partial charge in [0.1, 0.15) is 12.4 Å². The third-order valence-electron chi connectivity index (χ3n) is 4.32. The van der Waals surface area contributed by atoms with Crippen molar-refractivity contribution in [2.75, 3.05) is 13.2 Å². The molecule has 1 fully saturated rings. The maximum absolute atomic E-state index is 12.8. The third kappa shape index (κ3) is 6.17. The van der Waals surface area contributed by atoms with Gasteiger partial charge in [-0.3, -0.25) is 14.4 Å². The van der Waals surface area contributed by atoms with Crippen LogP contribution in [0.15, 0.2) is 24.3 Å². The molecule has 0 aliphatic heterocycles. The van der Waals surface area contributed by atoms with Crippen LogP contribution in [0.4, 0.5) is 4.39 Å². The Hall–Kier alpha value is -2.44. The first kappa shape index (κ1) is 18.9. The first-order chi connectivity index (χ1) is 12.0. The van der Waals surface area contributed by atoms with E-state index in [1.54, 1.807) is 0 Å². The fourth-order valence-corrected chi connectivity index (χ4v) is 2.83. The highest BCUT2D eigenvalue weighted by molar-refractivity contribution is 5.96. The molecule has 1 aliphatic carbocycles. The van der Waals surface area contributed by atoms with E-state index in [0.29, 0.717) is 5.92 Å². The maximum Gasteiger partial charge on any atom is 0.325 e. The van der Waals surface area contributed by atoms with Gasteiger partial charge in [0.25, 0.3) is 11.8 Å². The van der Waals surface area contributed by atoms with Crippen molar-refractivity contribution in [3.8, 4) is 0 Å². The Kier molecular flexibility index (Phi) is 6.91. The highest BCUT2D eigenvalue weighted by Gasteiger charge is 2.23. The summed E-state index contributed by atoms with van der Waals surface area (Å²) in [6.45, 7) is 1.37. The Morgan fingerprint density at radius 3 is 2.52 bits per heavy atom. The van der Waals surface area contributed by atoms with Gasteiger partial charge >= 0.3 is 5.97 Å². The average Bonchev–Trinajstić information content (AvgIpc) is 2.60. The fourth-order valence-electron chi connectivity index (χ4n) is 2.83. The lowest BCUT2D eigenvalue weighted by molar-refractivity contribution is -0.147. The van der Waals surface area contributed by atoms with Crippen LogP contribution in [0.25, 0.3) is 0 Å². The van der Waals surface area contributed by atoms with Crippen molar-refractivity contribution in [1.82, 2.24) is 10.6 Å². The summed E-state index contributed by atoms with van der Waals surface area (Å²) in [4.78, 5) is 35.2. The molecule has 0 saturated heterocycles. The van der Waals surface area contributed by atoms with Crippen LogP contribution in [0.2, 0.25) is 0 Å². The Morgan fingerprint density at radius 2 is 1.84 bits per heavy atom. The molecule has 2 N–H and O–H groups in total. The van der Waals surface area contributed by atoms with E-state index in [-0.39, 0.29) is 30.7 Å². The number of carbonyl (C=O) groups excluding carboxylic acids is 3. The third-order valence-corrected chi connectivity index (χ3v) is 4.32. The van der Waals surface area contributed by atoms with Crippen molar-refractivity contribution in [3.05, 3.63) is 35.6 Å². The number of hydrogen-bond donors (Lipinski definition) is 2. The number of hydrogen-bond acceptors (Lipinski definition) is 4. The lowest BCUT2D eigenvalue weighted by atomic mass is 9.86. The summed E-state index contributed by atoms with van der Waals surface area (Å²) in [6, 6.07) is 5.06. The minimum Gasteiger partial charge on any atom is -0.454 e. The number of amides is 2. The Labute approximate surface area is 146 Å². The number of benzene rings is 1. The molecule has 1 aromatic rings. The van der Waals surface area contributed by atoms with Crippen molar-refractivity contribution in [1.29, 1.82) is 0 Å². The van der Waals surface area contributed by atoms with Gasteiger partial charge in [0, 0.05) is 11.6 Å². The van der Waals surface area contributed by atoms with Crippen LogP contribution < -0.4 is 10.6 Å². The first-order valence-electron chi connectivity index (χ1n) is 8.44. The second kappa shape index (κ2) is 9.15. The molecule has 6 nitrogen and oxygen atoms in total. The Balaban J connectivity index is 1.67. The van der Waals surface area contributed by atoms with Gasteiger partial charge in [0.05, 0.1) is 0 Å². The van der Waals surface area contributed by atoms with Gasteiger partial charge in [-0.05, 0) is 43.0 Å². The summed E-state index contributed by atoms with van der Waals surface area (Å²) >= 11 is 0. The standard InChI is InChI=1S/C18H23FN2O4/c1-12-4-2-3-5-15(12)21-16(22)11-25-17(23)10-20-18(24)13-6-8-14(19)9-7-13/h6-9,12,15H,2-5,10-11H2,1H3,(H,20,24)(H,21,22)/t12-,15-/m1/s1. The summed E-state index contributed by atoms with van der Waals surface area (Å²) in [5.74, 6) is -1.59. The number of carbonyl (C=O) groups is 3. The van der Waals surface area contributed by atoms with Crippen LogP contribution in [-0.2, 0) is 14.3 Å². The van der Waals surface area contributed by atoms with E-state index in [9.17, 15) is 18.8 Å². The van der Waals surface area contributed by atoms with E-state index in [1.165, 1.54) is 18.6 Å².